The first kappa shape index (κ1) is 23.2. The SMILES string of the molecule is CCC(F)(F)OC[C@@H]1CCC(c2ccc(C(F)(F)F)cc2)CN1c1ccc(C=O)cc1. The summed E-state index contributed by atoms with van der Waals surface area (Å²) >= 11 is 0. The molecular formula is C23H24F5NO2. The van der Waals surface area contributed by atoms with E-state index in [0.717, 1.165) is 23.4 Å². The Labute approximate surface area is 177 Å². The lowest BCUT2D eigenvalue weighted by Crippen LogP contribution is -2.46. The summed E-state index contributed by atoms with van der Waals surface area (Å²) in [4.78, 5) is 12.9. The zero-order valence-corrected chi connectivity index (χ0v) is 17.0. The van der Waals surface area contributed by atoms with Crippen molar-refractivity contribution < 1.29 is 31.5 Å². The van der Waals surface area contributed by atoms with Gasteiger partial charge in [-0.05, 0) is 54.8 Å². The summed E-state index contributed by atoms with van der Waals surface area (Å²) in [5.41, 5.74) is 1.29. The number of nitrogens with zero attached hydrogens (tertiary/aromatic N) is 1. The van der Waals surface area contributed by atoms with Crippen molar-refractivity contribution in [1.29, 1.82) is 0 Å². The molecule has 0 radical (unpaired) electrons. The van der Waals surface area contributed by atoms with Crippen molar-refractivity contribution in [1.82, 2.24) is 0 Å². The molecule has 31 heavy (non-hydrogen) atoms. The zero-order chi connectivity index (χ0) is 22.6. The van der Waals surface area contributed by atoms with Crippen LogP contribution < -0.4 is 4.90 Å². The molecule has 0 spiro atoms. The van der Waals surface area contributed by atoms with E-state index in [-0.39, 0.29) is 18.6 Å². The largest absolute Gasteiger partial charge is 0.416 e. The van der Waals surface area contributed by atoms with Gasteiger partial charge in [0.15, 0.2) is 0 Å². The smallest absolute Gasteiger partial charge is 0.366 e. The number of alkyl halides is 5. The molecule has 2 aromatic rings. The summed E-state index contributed by atoms with van der Waals surface area (Å²) in [7, 11) is 0. The van der Waals surface area contributed by atoms with Crippen molar-refractivity contribution in [3.8, 4) is 0 Å². The predicted octanol–water partition coefficient (Wildman–Crippen LogP) is 6.29. The molecule has 3 nitrogen and oxygen atoms in total. The maximum atomic E-state index is 13.6. The van der Waals surface area contributed by atoms with Gasteiger partial charge in [-0.3, -0.25) is 4.79 Å². The molecule has 1 saturated heterocycles. The Bertz CT molecular complexity index is 865. The van der Waals surface area contributed by atoms with Gasteiger partial charge in [0.05, 0.1) is 18.2 Å². The quantitative estimate of drug-likeness (QED) is 0.374. The molecule has 0 N–H and O–H groups in total. The Morgan fingerprint density at radius 1 is 1.00 bits per heavy atom. The van der Waals surface area contributed by atoms with Gasteiger partial charge < -0.3 is 9.64 Å². The molecule has 0 aromatic heterocycles. The highest BCUT2D eigenvalue weighted by Crippen LogP contribution is 2.36. The minimum atomic E-state index is -4.40. The molecule has 0 amide bonds. The van der Waals surface area contributed by atoms with Crippen LogP contribution >= 0.6 is 0 Å². The van der Waals surface area contributed by atoms with Crippen LogP contribution in [0.4, 0.5) is 27.6 Å². The number of ether oxygens (including phenoxy) is 1. The molecule has 1 aliphatic rings. The van der Waals surface area contributed by atoms with Crippen molar-refractivity contribution in [2.24, 2.45) is 0 Å². The average molecular weight is 441 g/mol. The molecule has 0 bridgehead atoms. The molecule has 1 unspecified atom stereocenters. The Hall–Kier alpha value is -2.48. The van der Waals surface area contributed by atoms with E-state index in [1.165, 1.54) is 19.1 Å². The lowest BCUT2D eigenvalue weighted by atomic mass is 9.86. The van der Waals surface area contributed by atoms with Crippen molar-refractivity contribution in [2.45, 2.75) is 50.4 Å². The fourth-order valence-corrected chi connectivity index (χ4v) is 3.80. The number of hydrogen-bond donors (Lipinski definition) is 0. The molecule has 2 atom stereocenters. The highest BCUT2D eigenvalue weighted by atomic mass is 19.4. The van der Waals surface area contributed by atoms with Crippen LogP contribution in [0.3, 0.4) is 0 Å². The molecule has 3 rings (SSSR count). The van der Waals surface area contributed by atoms with E-state index >= 15 is 0 Å². The maximum Gasteiger partial charge on any atom is 0.416 e. The van der Waals surface area contributed by atoms with Crippen LogP contribution in [-0.2, 0) is 10.9 Å². The molecule has 8 heteroatoms. The molecule has 2 aromatic carbocycles. The average Bonchev–Trinajstić information content (AvgIpc) is 2.77. The molecular weight excluding hydrogens is 417 g/mol. The molecule has 0 saturated carbocycles. The van der Waals surface area contributed by atoms with E-state index in [4.69, 9.17) is 4.74 Å². The fraction of sp³-hybridized carbons (Fsp3) is 0.435. The topological polar surface area (TPSA) is 29.5 Å². The number of carbonyl (C=O) groups is 1. The third kappa shape index (κ3) is 5.81. The van der Waals surface area contributed by atoms with Crippen LogP contribution in [0.25, 0.3) is 0 Å². The summed E-state index contributed by atoms with van der Waals surface area (Å²) in [6.45, 7) is 1.62. The lowest BCUT2D eigenvalue weighted by molar-refractivity contribution is -0.241. The first-order chi connectivity index (χ1) is 14.6. The first-order valence-corrected chi connectivity index (χ1v) is 10.1. The summed E-state index contributed by atoms with van der Waals surface area (Å²) in [5.74, 6) is -0.0593. The maximum absolute atomic E-state index is 13.6. The highest BCUT2D eigenvalue weighted by Gasteiger charge is 2.35. The molecule has 0 aliphatic carbocycles. The number of hydrogen-bond acceptors (Lipinski definition) is 3. The van der Waals surface area contributed by atoms with Gasteiger partial charge in [0, 0.05) is 30.1 Å². The normalized spacial score (nSPS) is 20.0. The monoisotopic (exact) mass is 441 g/mol. The van der Waals surface area contributed by atoms with Crippen LogP contribution in [0.2, 0.25) is 0 Å². The first-order valence-electron chi connectivity index (χ1n) is 10.1. The van der Waals surface area contributed by atoms with Crippen LogP contribution in [0.5, 0.6) is 0 Å². The van der Waals surface area contributed by atoms with Gasteiger partial charge in [-0.2, -0.15) is 22.0 Å². The number of aldehydes is 1. The van der Waals surface area contributed by atoms with Crippen LogP contribution in [0.1, 0.15) is 53.6 Å². The molecule has 168 valence electrons. The minimum Gasteiger partial charge on any atom is -0.366 e. The van der Waals surface area contributed by atoms with Gasteiger partial charge in [-0.1, -0.05) is 19.1 Å². The van der Waals surface area contributed by atoms with Gasteiger partial charge in [-0.25, -0.2) is 0 Å². The van der Waals surface area contributed by atoms with Crippen LogP contribution in [-0.4, -0.2) is 31.6 Å². The Morgan fingerprint density at radius 3 is 2.19 bits per heavy atom. The van der Waals surface area contributed by atoms with E-state index < -0.39 is 24.3 Å². The van der Waals surface area contributed by atoms with Crippen LogP contribution in [0.15, 0.2) is 48.5 Å². The van der Waals surface area contributed by atoms with E-state index in [1.807, 2.05) is 4.90 Å². The molecule has 1 aliphatic heterocycles. The van der Waals surface area contributed by atoms with Gasteiger partial charge in [0.1, 0.15) is 6.29 Å². The third-order valence-corrected chi connectivity index (χ3v) is 5.67. The fourth-order valence-electron chi connectivity index (χ4n) is 3.80. The Morgan fingerprint density at radius 2 is 1.65 bits per heavy atom. The number of anilines is 1. The summed E-state index contributed by atoms with van der Waals surface area (Å²) in [5, 5.41) is 0. The van der Waals surface area contributed by atoms with Crippen molar-refractivity contribution in [3.05, 3.63) is 65.2 Å². The van der Waals surface area contributed by atoms with Crippen LogP contribution in [0, 0.1) is 0 Å². The van der Waals surface area contributed by atoms with Crippen molar-refractivity contribution in [3.63, 3.8) is 0 Å². The van der Waals surface area contributed by atoms with E-state index in [2.05, 4.69) is 0 Å². The second-order valence-corrected chi connectivity index (χ2v) is 7.71. The summed E-state index contributed by atoms with van der Waals surface area (Å²) in [6.07, 6.45) is -6.14. The third-order valence-electron chi connectivity index (χ3n) is 5.67. The lowest BCUT2D eigenvalue weighted by Gasteiger charge is -2.42. The van der Waals surface area contributed by atoms with E-state index in [1.54, 1.807) is 24.3 Å². The Balaban J connectivity index is 1.81. The summed E-state index contributed by atoms with van der Waals surface area (Å²) in [6, 6.07) is 11.5. The highest BCUT2D eigenvalue weighted by molar-refractivity contribution is 5.75. The number of halogens is 5. The minimum absolute atomic E-state index is 0.0593. The molecule has 1 fully saturated rings. The van der Waals surface area contributed by atoms with E-state index in [9.17, 15) is 26.7 Å². The number of piperidine rings is 1. The number of benzene rings is 2. The van der Waals surface area contributed by atoms with Gasteiger partial charge in [-0.15, -0.1) is 0 Å². The number of rotatable bonds is 7. The zero-order valence-electron chi connectivity index (χ0n) is 17.0. The van der Waals surface area contributed by atoms with Gasteiger partial charge >= 0.3 is 12.3 Å². The Kier molecular flexibility index (Phi) is 6.99. The predicted molar refractivity (Wildman–Crippen MR) is 108 cm³/mol. The van der Waals surface area contributed by atoms with Gasteiger partial charge in [0.25, 0.3) is 0 Å². The van der Waals surface area contributed by atoms with Crippen molar-refractivity contribution >= 4 is 12.0 Å². The number of carbonyl (C=O) groups excluding carboxylic acids is 1. The standard InChI is InChI=1S/C23H24F5NO2/c1-2-22(24,25)31-15-21-12-7-18(17-5-8-19(9-6-17)23(26,27)28)13-29(21)20-10-3-16(14-30)4-11-20/h3-6,8-11,14,18,21H,2,7,12-13,15H2,1H3/t18?,21-/m0/s1. The second-order valence-electron chi connectivity index (χ2n) is 7.71. The van der Waals surface area contributed by atoms with Crippen molar-refractivity contribution in [2.75, 3.05) is 18.1 Å². The molecule has 1 heterocycles. The summed E-state index contributed by atoms with van der Waals surface area (Å²) < 4.78 is 70.7. The second kappa shape index (κ2) is 9.34. The van der Waals surface area contributed by atoms with E-state index in [0.29, 0.717) is 31.2 Å². The van der Waals surface area contributed by atoms with Gasteiger partial charge in [0.2, 0.25) is 0 Å².